The highest BCUT2D eigenvalue weighted by molar-refractivity contribution is 6.31. The van der Waals surface area contributed by atoms with Crippen molar-refractivity contribution in [2.45, 2.75) is 19.3 Å². The zero-order chi connectivity index (χ0) is 11.3. The molecule has 0 amide bonds. The monoisotopic (exact) mass is 221 g/mol. The lowest BCUT2D eigenvalue weighted by Crippen LogP contribution is -2.03. The summed E-state index contributed by atoms with van der Waals surface area (Å²) in [6.45, 7) is 0. The van der Waals surface area contributed by atoms with Crippen molar-refractivity contribution in [2.75, 3.05) is 5.73 Å². The van der Waals surface area contributed by atoms with Gasteiger partial charge >= 0.3 is 0 Å². The molecular formula is C12H12ClNO. The van der Waals surface area contributed by atoms with E-state index in [1.54, 1.807) is 18.2 Å². The first-order valence-corrected chi connectivity index (χ1v) is 5.04. The van der Waals surface area contributed by atoms with Crippen molar-refractivity contribution in [1.82, 2.24) is 0 Å². The fraction of sp³-hybridized carbons (Fsp3) is 0.250. The summed E-state index contributed by atoms with van der Waals surface area (Å²) in [5, 5.41) is 0.535. The van der Waals surface area contributed by atoms with Crippen LogP contribution in [0.3, 0.4) is 0 Å². The summed E-state index contributed by atoms with van der Waals surface area (Å²) in [6.07, 6.45) is 6.83. The zero-order valence-electron chi connectivity index (χ0n) is 8.29. The van der Waals surface area contributed by atoms with Gasteiger partial charge in [0.25, 0.3) is 0 Å². The molecule has 2 N–H and O–H groups in total. The molecule has 0 aliphatic heterocycles. The van der Waals surface area contributed by atoms with Crippen molar-refractivity contribution in [3.8, 4) is 12.3 Å². The van der Waals surface area contributed by atoms with Crippen LogP contribution in [0.2, 0.25) is 5.02 Å². The molecule has 0 radical (unpaired) electrons. The molecule has 0 spiro atoms. The smallest absolute Gasteiger partial charge is 0.164 e. The van der Waals surface area contributed by atoms with E-state index in [-0.39, 0.29) is 5.78 Å². The first-order chi connectivity index (χ1) is 7.15. The maximum atomic E-state index is 11.7. The van der Waals surface area contributed by atoms with Crippen LogP contribution in [0.5, 0.6) is 0 Å². The summed E-state index contributed by atoms with van der Waals surface area (Å²) in [6, 6.07) is 4.89. The second-order valence-corrected chi connectivity index (χ2v) is 3.65. The second kappa shape index (κ2) is 5.43. The number of benzene rings is 1. The predicted octanol–water partition coefficient (Wildman–Crippen LogP) is 2.91. The number of halogens is 1. The first kappa shape index (κ1) is 11.6. The molecule has 0 aromatic heterocycles. The predicted molar refractivity (Wildman–Crippen MR) is 62.9 cm³/mol. The van der Waals surface area contributed by atoms with Crippen molar-refractivity contribution in [3.63, 3.8) is 0 Å². The number of unbranched alkanes of at least 4 members (excludes halogenated alkanes) is 1. The molecule has 78 valence electrons. The number of carbonyl (C=O) groups is 1. The minimum Gasteiger partial charge on any atom is -0.398 e. The van der Waals surface area contributed by atoms with Crippen LogP contribution in [0.15, 0.2) is 18.2 Å². The second-order valence-electron chi connectivity index (χ2n) is 3.21. The number of carbonyl (C=O) groups excluding carboxylic acids is 1. The Morgan fingerprint density at radius 3 is 2.87 bits per heavy atom. The van der Waals surface area contributed by atoms with Crippen LogP contribution in [0.25, 0.3) is 0 Å². The minimum absolute atomic E-state index is 0.0133. The van der Waals surface area contributed by atoms with Crippen molar-refractivity contribution < 1.29 is 4.79 Å². The third-order valence-corrected chi connectivity index (χ3v) is 2.27. The molecule has 0 bridgehead atoms. The Balaban J connectivity index is 2.70. The van der Waals surface area contributed by atoms with Gasteiger partial charge in [-0.25, -0.2) is 0 Å². The van der Waals surface area contributed by atoms with Crippen LogP contribution in [0.1, 0.15) is 29.6 Å². The highest BCUT2D eigenvalue weighted by atomic mass is 35.5. The lowest BCUT2D eigenvalue weighted by atomic mass is 10.0. The van der Waals surface area contributed by atoms with Gasteiger partial charge in [0.15, 0.2) is 5.78 Å². The summed E-state index contributed by atoms with van der Waals surface area (Å²) in [5.74, 6) is 2.51. The van der Waals surface area contributed by atoms with Gasteiger partial charge in [-0.1, -0.05) is 11.6 Å². The molecule has 0 aliphatic carbocycles. The highest BCUT2D eigenvalue weighted by Crippen LogP contribution is 2.19. The molecule has 1 aromatic carbocycles. The molecule has 0 aliphatic rings. The Kier molecular flexibility index (Phi) is 4.20. The van der Waals surface area contributed by atoms with Crippen molar-refractivity contribution >= 4 is 23.1 Å². The van der Waals surface area contributed by atoms with Gasteiger partial charge in [0.2, 0.25) is 0 Å². The highest BCUT2D eigenvalue weighted by Gasteiger charge is 2.09. The van der Waals surface area contributed by atoms with Gasteiger partial charge in [-0.3, -0.25) is 4.79 Å². The van der Waals surface area contributed by atoms with Gasteiger partial charge in [0, 0.05) is 29.1 Å². The molecule has 1 aromatic rings. The quantitative estimate of drug-likeness (QED) is 0.368. The molecule has 1 rings (SSSR count). The van der Waals surface area contributed by atoms with Crippen LogP contribution in [0.4, 0.5) is 5.69 Å². The Morgan fingerprint density at radius 1 is 1.53 bits per heavy atom. The Labute approximate surface area is 94.4 Å². The van der Waals surface area contributed by atoms with E-state index < -0.39 is 0 Å². The molecule has 0 saturated carbocycles. The fourth-order valence-electron chi connectivity index (χ4n) is 1.27. The van der Waals surface area contributed by atoms with Crippen LogP contribution in [-0.4, -0.2) is 5.78 Å². The number of anilines is 1. The van der Waals surface area contributed by atoms with Gasteiger partial charge < -0.3 is 5.73 Å². The summed E-state index contributed by atoms with van der Waals surface area (Å²) < 4.78 is 0. The largest absolute Gasteiger partial charge is 0.398 e. The standard InChI is InChI=1S/C12H12ClNO/c1-2-3-4-5-12(15)10-7-6-9(13)8-11(10)14/h1,6-8H,3-5,14H2. The van der Waals surface area contributed by atoms with Gasteiger partial charge in [-0.2, -0.15) is 0 Å². The van der Waals surface area contributed by atoms with Crippen molar-refractivity contribution in [3.05, 3.63) is 28.8 Å². The fourth-order valence-corrected chi connectivity index (χ4v) is 1.45. The molecule has 15 heavy (non-hydrogen) atoms. The van der Waals surface area contributed by atoms with E-state index in [1.165, 1.54) is 0 Å². The molecular weight excluding hydrogens is 210 g/mol. The average Bonchev–Trinajstić information content (AvgIpc) is 2.17. The number of terminal acetylenes is 1. The summed E-state index contributed by atoms with van der Waals surface area (Å²) in [5.41, 5.74) is 6.63. The number of nitrogen functional groups attached to an aromatic ring is 1. The number of hydrogen-bond acceptors (Lipinski definition) is 2. The van der Waals surface area contributed by atoms with Crippen LogP contribution >= 0.6 is 11.6 Å². The summed E-state index contributed by atoms with van der Waals surface area (Å²) >= 11 is 5.73. The van der Waals surface area contributed by atoms with Gasteiger partial charge in [0.1, 0.15) is 0 Å². The van der Waals surface area contributed by atoms with Gasteiger partial charge in [-0.15, -0.1) is 12.3 Å². The zero-order valence-corrected chi connectivity index (χ0v) is 9.05. The lowest BCUT2D eigenvalue weighted by Gasteiger charge is -2.04. The van der Waals surface area contributed by atoms with E-state index in [2.05, 4.69) is 5.92 Å². The number of ketones is 1. The van der Waals surface area contributed by atoms with Crippen LogP contribution in [-0.2, 0) is 0 Å². The van der Waals surface area contributed by atoms with E-state index in [9.17, 15) is 4.79 Å². The average molecular weight is 222 g/mol. The normalized spacial score (nSPS) is 9.60. The van der Waals surface area contributed by atoms with E-state index >= 15 is 0 Å². The van der Waals surface area contributed by atoms with E-state index in [1.807, 2.05) is 0 Å². The topological polar surface area (TPSA) is 43.1 Å². The maximum absolute atomic E-state index is 11.7. The molecule has 2 nitrogen and oxygen atoms in total. The molecule has 3 heteroatoms. The number of Topliss-reactive ketones (excluding diaryl/α,β-unsaturated/α-hetero) is 1. The summed E-state index contributed by atoms with van der Waals surface area (Å²) in [4.78, 5) is 11.7. The Hall–Kier alpha value is -1.46. The Morgan fingerprint density at radius 2 is 2.27 bits per heavy atom. The number of rotatable bonds is 4. The molecule has 0 heterocycles. The van der Waals surface area contributed by atoms with E-state index in [0.717, 1.165) is 0 Å². The lowest BCUT2D eigenvalue weighted by molar-refractivity contribution is 0.0981. The molecule has 0 atom stereocenters. The minimum atomic E-state index is 0.0133. The third-order valence-electron chi connectivity index (χ3n) is 2.04. The summed E-state index contributed by atoms with van der Waals surface area (Å²) in [7, 11) is 0. The van der Waals surface area contributed by atoms with E-state index in [0.29, 0.717) is 35.5 Å². The van der Waals surface area contributed by atoms with Crippen molar-refractivity contribution in [2.24, 2.45) is 0 Å². The van der Waals surface area contributed by atoms with E-state index in [4.69, 9.17) is 23.8 Å². The first-order valence-electron chi connectivity index (χ1n) is 4.67. The number of hydrogen-bond donors (Lipinski definition) is 1. The Bertz CT molecular complexity index is 407. The molecule has 0 fully saturated rings. The molecule has 0 unspecified atom stereocenters. The molecule has 0 saturated heterocycles. The third kappa shape index (κ3) is 3.30. The number of nitrogens with two attached hydrogens (primary N) is 1. The maximum Gasteiger partial charge on any atom is 0.164 e. The van der Waals surface area contributed by atoms with Crippen LogP contribution < -0.4 is 5.73 Å². The van der Waals surface area contributed by atoms with Crippen molar-refractivity contribution in [1.29, 1.82) is 0 Å². The van der Waals surface area contributed by atoms with Gasteiger partial charge in [-0.05, 0) is 24.6 Å². The van der Waals surface area contributed by atoms with Crippen LogP contribution in [0, 0.1) is 12.3 Å². The van der Waals surface area contributed by atoms with Gasteiger partial charge in [0.05, 0.1) is 0 Å². The SMILES string of the molecule is C#CCCCC(=O)c1ccc(Cl)cc1N.